The maximum Gasteiger partial charge on any atom is 0.350 e. The third-order valence-electron chi connectivity index (χ3n) is 3.25. The fraction of sp³-hybridized carbons (Fsp3) is 0.467. The molecule has 3 nitrogen and oxygen atoms in total. The summed E-state index contributed by atoms with van der Waals surface area (Å²) in [6.45, 7) is 5.84. The molecular weight excluding hydrogens is 290 g/mol. The van der Waals surface area contributed by atoms with Crippen molar-refractivity contribution in [2.45, 2.75) is 42.1 Å². The van der Waals surface area contributed by atoms with Gasteiger partial charge in [-0.25, -0.2) is 4.79 Å². The van der Waals surface area contributed by atoms with Gasteiger partial charge in [0, 0.05) is 22.1 Å². The third kappa shape index (κ3) is 3.38. The zero-order valence-corrected chi connectivity index (χ0v) is 13.8. The Hall–Kier alpha value is -0.940. The number of hydrogen-bond donors (Lipinski definition) is 0. The van der Waals surface area contributed by atoms with Crippen LogP contribution in [-0.2, 0) is 9.63 Å². The summed E-state index contributed by atoms with van der Waals surface area (Å²) in [7, 11) is 0. The Balaban J connectivity index is 2.21. The molecule has 0 radical (unpaired) electrons. The fourth-order valence-corrected chi connectivity index (χ4v) is 3.17. The third-order valence-corrected chi connectivity index (χ3v) is 5.61. The van der Waals surface area contributed by atoms with Gasteiger partial charge in [0.2, 0.25) is 0 Å². The minimum Gasteiger partial charge on any atom is -0.316 e. The van der Waals surface area contributed by atoms with Crippen LogP contribution in [0.2, 0.25) is 0 Å². The van der Waals surface area contributed by atoms with E-state index in [2.05, 4.69) is 18.1 Å². The Labute approximate surface area is 128 Å². The molecule has 1 aromatic carbocycles. The van der Waals surface area contributed by atoms with Gasteiger partial charge in [0.05, 0.1) is 5.71 Å². The lowest BCUT2D eigenvalue weighted by Crippen LogP contribution is -2.29. The number of carbonyl (C=O) groups excluding carboxylic acids is 1. The molecule has 0 N–H and O–H groups in total. The molecule has 1 aliphatic heterocycles. The molecule has 0 aliphatic carbocycles. The highest BCUT2D eigenvalue weighted by Gasteiger charge is 2.29. The van der Waals surface area contributed by atoms with Gasteiger partial charge in [-0.05, 0) is 26.2 Å². The number of hydrogen-bond acceptors (Lipinski definition) is 5. The lowest BCUT2D eigenvalue weighted by atomic mass is 10.1. The number of oxime groups is 1. The predicted molar refractivity (Wildman–Crippen MR) is 86.6 cm³/mol. The molecule has 108 valence electrons. The van der Waals surface area contributed by atoms with E-state index in [-0.39, 0.29) is 5.97 Å². The van der Waals surface area contributed by atoms with Gasteiger partial charge in [-0.3, -0.25) is 0 Å². The molecule has 0 spiro atoms. The molecule has 20 heavy (non-hydrogen) atoms. The molecule has 1 aromatic rings. The van der Waals surface area contributed by atoms with Crippen molar-refractivity contribution in [3.63, 3.8) is 0 Å². The second kappa shape index (κ2) is 6.22. The summed E-state index contributed by atoms with van der Waals surface area (Å²) in [5.74, 6) is -0.305. The Kier molecular flexibility index (Phi) is 4.81. The highest BCUT2D eigenvalue weighted by atomic mass is 32.2. The molecule has 1 atom stereocenters. The molecule has 1 aliphatic rings. The van der Waals surface area contributed by atoms with Gasteiger partial charge >= 0.3 is 5.97 Å². The Morgan fingerprint density at radius 2 is 2.15 bits per heavy atom. The summed E-state index contributed by atoms with van der Waals surface area (Å²) in [4.78, 5) is 18.3. The van der Waals surface area contributed by atoms with E-state index in [1.54, 1.807) is 0 Å². The standard InChI is InChI=1S/C15H19NO2S2/c1-10-9-12(11-7-5-6-8-13(11)20-10)16-18-14(17)15(2,3)19-4/h5-8,10H,9H2,1-4H3/b16-12+. The first kappa shape index (κ1) is 15.4. The van der Waals surface area contributed by atoms with E-state index in [4.69, 9.17) is 4.84 Å². The lowest BCUT2D eigenvalue weighted by molar-refractivity contribution is -0.145. The van der Waals surface area contributed by atoms with Crippen LogP contribution in [0.1, 0.15) is 32.8 Å². The number of fused-ring (bicyclic) bond motifs is 1. The van der Waals surface area contributed by atoms with Crippen molar-refractivity contribution >= 4 is 35.2 Å². The predicted octanol–water partition coefficient (Wildman–Crippen LogP) is 3.96. The topological polar surface area (TPSA) is 38.7 Å². The average Bonchev–Trinajstić information content (AvgIpc) is 2.44. The molecule has 2 rings (SSSR count). The van der Waals surface area contributed by atoms with E-state index in [1.807, 2.05) is 50.1 Å². The van der Waals surface area contributed by atoms with Gasteiger partial charge in [-0.1, -0.05) is 30.3 Å². The summed E-state index contributed by atoms with van der Waals surface area (Å²) in [5, 5.41) is 4.57. The van der Waals surface area contributed by atoms with E-state index < -0.39 is 4.75 Å². The van der Waals surface area contributed by atoms with Crippen LogP contribution in [0.3, 0.4) is 0 Å². The molecule has 1 heterocycles. The quantitative estimate of drug-likeness (QED) is 0.626. The monoisotopic (exact) mass is 309 g/mol. The lowest BCUT2D eigenvalue weighted by Gasteiger charge is -2.22. The van der Waals surface area contributed by atoms with Crippen molar-refractivity contribution in [2.75, 3.05) is 6.26 Å². The maximum atomic E-state index is 12.0. The van der Waals surface area contributed by atoms with Gasteiger partial charge in [0.15, 0.2) is 0 Å². The molecule has 0 aromatic heterocycles. The fourth-order valence-electron chi connectivity index (χ4n) is 1.82. The summed E-state index contributed by atoms with van der Waals surface area (Å²) in [5.41, 5.74) is 1.93. The van der Waals surface area contributed by atoms with Crippen LogP contribution in [-0.4, -0.2) is 27.9 Å². The highest BCUT2D eigenvalue weighted by molar-refractivity contribution is 8.00. The first-order valence-electron chi connectivity index (χ1n) is 6.53. The van der Waals surface area contributed by atoms with Gasteiger partial charge in [-0.2, -0.15) is 0 Å². The van der Waals surface area contributed by atoms with Crippen LogP contribution < -0.4 is 0 Å². The van der Waals surface area contributed by atoms with Crippen molar-refractivity contribution < 1.29 is 9.63 Å². The minimum atomic E-state index is -0.571. The molecule has 0 amide bonds. The number of rotatable bonds is 3. The summed E-state index contributed by atoms with van der Waals surface area (Å²) < 4.78 is -0.571. The van der Waals surface area contributed by atoms with Gasteiger partial charge in [0.25, 0.3) is 0 Å². The zero-order chi connectivity index (χ0) is 14.8. The summed E-state index contributed by atoms with van der Waals surface area (Å²) in [6.07, 6.45) is 2.71. The molecule has 0 fully saturated rings. The Morgan fingerprint density at radius 3 is 2.85 bits per heavy atom. The highest BCUT2D eigenvalue weighted by Crippen LogP contribution is 2.35. The van der Waals surface area contributed by atoms with Crippen molar-refractivity contribution in [1.82, 2.24) is 0 Å². The van der Waals surface area contributed by atoms with E-state index in [1.165, 1.54) is 16.7 Å². The molecule has 0 saturated carbocycles. The first-order chi connectivity index (χ1) is 9.44. The normalized spacial score (nSPS) is 20.6. The number of nitrogens with zero attached hydrogens (tertiary/aromatic N) is 1. The average molecular weight is 309 g/mol. The number of benzene rings is 1. The largest absolute Gasteiger partial charge is 0.350 e. The molecule has 0 saturated heterocycles. The SMILES string of the molecule is CSC(C)(C)C(=O)O/N=C1\CC(C)Sc2ccccc21. The smallest absolute Gasteiger partial charge is 0.316 e. The van der Waals surface area contributed by atoms with E-state index in [0.717, 1.165) is 17.7 Å². The Morgan fingerprint density at radius 1 is 1.45 bits per heavy atom. The van der Waals surface area contributed by atoms with Crippen molar-refractivity contribution in [1.29, 1.82) is 0 Å². The minimum absolute atomic E-state index is 0.305. The number of thioether (sulfide) groups is 2. The van der Waals surface area contributed by atoms with Crippen molar-refractivity contribution in [2.24, 2.45) is 5.16 Å². The number of carbonyl (C=O) groups is 1. The molecule has 5 heteroatoms. The van der Waals surface area contributed by atoms with Crippen molar-refractivity contribution in [3.8, 4) is 0 Å². The van der Waals surface area contributed by atoms with Gasteiger partial charge in [-0.15, -0.1) is 23.5 Å². The van der Waals surface area contributed by atoms with Crippen LogP contribution in [0.25, 0.3) is 0 Å². The maximum absolute atomic E-state index is 12.0. The van der Waals surface area contributed by atoms with E-state index in [9.17, 15) is 4.79 Å². The van der Waals surface area contributed by atoms with Gasteiger partial charge < -0.3 is 4.84 Å². The second-order valence-corrected chi connectivity index (χ2v) is 8.17. The van der Waals surface area contributed by atoms with Crippen LogP contribution in [0.5, 0.6) is 0 Å². The second-order valence-electron chi connectivity index (χ2n) is 5.26. The van der Waals surface area contributed by atoms with Crippen molar-refractivity contribution in [3.05, 3.63) is 29.8 Å². The summed E-state index contributed by atoms with van der Waals surface area (Å²) >= 11 is 3.29. The zero-order valence-electron chi connectivity index (χ0n) is 12.2. The van der Waals surface area contributed by atoms with Crippen LogP contribution in [0.15, 0.2) is 34.3 Å². The molecule has 0 bridgehead atoms. The van der Waals surface area contributed by atoms with E-state index in [0.29, 0.717) is 5.25 Å². The first-order valence-corrected chi connectivity index (χ1v) is 8.64. The molecular formula is C15H19NO2S2. The van der Waals surface area contributed by atoms with Crippen LogP contribution in [0, 0.1) is 0 Å². The van der Waals surface area contributed by atoms with E-state index >= 15 is 0 Å². The summed E-state index contributed by atoms with van der Waals surface area (Å²) in [6, 6.07) is 8.11. The Bertz CT molecular complexity index is 540. The van der Waals surface area contributed by atoms with Crippen LogP contribution in [0.4, 0.5) is 0 Å². The molecule has 1 unspecified atom stereocenters. The van der Waals surface area contributed by atoms with Crippen LogP contribution >= 0.6 is 23.5 Å². The van der Waals surface area contributed by atoms with Gasteiger partial charge in [0.1, 0.15) is 4.75 Å².